The highest BCUT2D eigenvalue weighted by Gasteiger charge is 2.43. The van der Waals surface area contributed by atoms with E-state index in [-0.39, 0.29) is 11.8 Å². The van der Waals surface area contributed by atoms with E-state index in [9.17, 15) is 9.59 Å². The van der Waals surface area contributed by atoms with Crippen LogP contribution in [-0.2, 0) is 10.2 Å². The number of likely N-dealkylation sites (N-methyl/N-ethyl adjacent to an activating group) is 1. The molecule has 2 aromatic carbocycles. The number of nitrogens with zero attached hydrogens (tertiary/aromatic N) is 1. The Bertz CT molecular complexity index is 858. The van der Waals surface area contributed by atoms with Crippen LogP contribution in [0, 0.1) is 6.92 Å². The van der Waals surface area contributed by atoms with E-state index in [1.165, 1.54) is 0 Å². The van der Waals surface area contributed by atoms with Crippen molar-refractivity contribution in [2.45, 2.75) is 26.2 Å². The Balaban J connectivity index is 1.99. The number of fused-ring (bicyclic) bond motifs is 1. The van der Waals surface area contributed by atoms with Crippen molar-refractivity contribution >= 4 is 34.8 Å². The van der Waals surface area contributed by atoms with Crippen LogP contribution >= 0.6 is 11.6 Å². The molecule has 0 saturated carbocycles. The van der Waals surface area contributed by atoms with E-state index in [0.29, 0.717) is 16.3 Å². The van der Waals surface area contributed by atoms with Gasteiger partial charge in [-0.2, -0.15) is 0 Å². The summed E-state index contributed by atoms with van der Waals surface area (Å²) in [5.74, 6) is -0.217. The second-order valence-electron chi connectivity index (χ2n) is 6.61. The highest BCUT2D eigenvalue weighted by molar-refractivity contribution is 6.34. The molecule has 0 unspecified atom stereocenters. The quantitative estimate of drug-likeness (QED) is 0.891. The second kappa shape index (κ2) is 5.64. The summed E-state index contributed by atoms with van der Waals surface area (Å²) in [6.07, 6.45) is 0. The standard InChI is InChI=1S/C19H19ClN2O2/c1-11-9-12(21-17(23)13-7-5-6-8-15(13)20)10-14-16(11)22(4)18(24)19(14,2)3/h5-10H,1-4H3,(H,21,23). The van der Waals surface area contributed by atoms with Crippen molar-refractivity contribution in [3.05, 3.63) is 58.1 Å². The van der Waals surface area contributed by atoms with Gasteiger partial charge < -0.3 is 10.2 Å². The number of carbonyl (C=O) groups is 2. The third-order valence-electron chi connectivity index (χ3n) is 4.52. The predicted octanol–water partition coefficient (Wildman–Crippen LogP) is 4.15. The number of benzene rings is 2. The van der Waals surface area contributed by atoms with Gasteiger partial charge in [0.15, 0.2) is 0 Å². The van der Waals surface area contributed by atoms with Gasteiger partial charge in [-0.3, -0.25) is 9.59 Å². The molecule has 3 rings (SSSR count). The summed E-state index contributed by atoms with van der Waals surface area (Å²) in [5, 5.41) is 3.29. The van der Waals surface area contributed by atoms with E-state index < -0.39 is 5.41 Å². The summed E-state index contributed by atoms with van der Waals surface area (Å²) >= 11 is 6.08. The molecule has 0 saturated heterocycles. The molecule has 2 amide bonds. The summed E-state index contributed by atoms with van der Waals surface area (Å²) in [5.41, 5.74) is 3.26. The van der Waals surface area contributed by atoms with Gasteiger partial charge in [0.2, 0.25) is 5.91 Å². The Hall–Kier alpha value is -2.33. The third kappa shape index (κ3) is 2.47. The zero-order valence-electron chi connectivity index (χ0n) is 14.1. The summed E-state index contributed by atoms with van der Waals surface area (Å²) in [6.45, 7) is 5.74. The number of nitrogens with one attached hydrogen (secondary N) is 1. The van der Waals surface area contributed by atoms with Crippen LogP contribution in [0.15, 0.2) is 36.4 Å². The average Bonchev–Trinajstić information content (AvgIpc) is 2.69. The highest BCUT2D eigenvalue weighted by atomic mass is 35.5. The summed E-state index contributed by atoms with van der Waals surface area (Å²) in [7, 11) is 1.78. The fourth-order valence-corrected chi connectivity index (χ4v) is 3.47. The first-order valence-corrected chi connectivity index (χ1v) is 8.10. The lowest BCUT2D eigenvalue weighted by atomic mass is 9.85. The molecule has 0 spiro atoms. The molecule has 24 heavy (non-hydrogen) atoms. The number of hydrogen-bond acceptors (Lipinski definition) is 2. The van der Waals surface area contributed by atoms with Gasteiger partial charge in [-0.25, -0.2) is 0 Å². The average molecular weight is 343 g/mol. The van der Waals surface area contributed by atoms with Crippen molar-refractivity contribution < 1.29 is 9.59 Å². The van der Waals surface area contributed by atoms with Crippen molar-refractivity contribution in [1.29, 1.82) is 0 Å². The topological polar surface area (TPSA) is 49.4 Å². The van der Waals surface area contributed by atoms with E-state index in [2.05, 4.69) is 5.32 Å². The Labute approximate surface area is 146 Å². The lowest BCUT2D eigenvalue weighted by Gasteiger charge is -2.17. The SMILES string of the molecule is Cc1cc(NC(=O)c2ccccc2Cl)cc2c1N(C)C(=O)C2(C)C. The van der Waals surface area contributed by atoms with Gasteiger partial charge in [-0.1, -0.05) is 23.7 Å². The molecule has 1 aliphatic rings. The number of hydrogen-bond donors (Lipinski definition) is 1. The Kier molecular flexibility index (Phi) is 3.88. The van der Waals surface area contributed by atoms with Crippen LogP contribution in [0.25, 0.3) is 0 Å². The molecule has 0 aromatic heterocycles. The van der Waals surface area contributed by atoms with Gasteiger partial charge in [0.05, 0.1) is 21.7 Å². The minimum atomic E-state index is -0.611. The number of amides is 2. The third-order valence-corrected chi connectivity index (χ3v) is 4.85. The van der Waals surface area contributed by atoms with Gasteiger partial charge in [-0.15, -0.1) is 0 Å². The molecule has 124 valence electrons. The first kappa shape index (κ1) is 16.5. The van der Waals surface area contributed by atoms with Crippen molar-refractivity contribution in [2.24, 2.45) is 0 Å². The van der Waals surface area contributed by atoms with Crippen LogP contribution in [0.5, 0.6) is 0 Å². The van der Waals surface area contributed by atoms with Crippen molar-refractivity contribution in [3.8, 4) is 0 Å². The zero-order chi connectivity index (χ0) is 17.6. The maximum atomic E-state index is 12.5. The fraction of sp³-hybridized carbons (Fsp3) is 0.263. The number of aryl methyl sites for hydroxylation is 1. The molecule has 0 radical (unpaired) electrons. The van der Waals surface area contributed by atoms with E-state index in [1.807, 2.05) is 32.9 Å². The van der Waals surface area contributed by atoms with Crippen LogP contribution in [0.3, 0.4) is 0 Å². The highest BCUT2D eigenvalue weighted by Crippen LogP contribution is 2.44. The molecule has 0 aliphatic carbocycles. The van der Waals surface area contributed by atoms with E-state index in [0.717, 1.165) is 16.8 Å². The second-order valence-corrected chi connectivity index (χ2v) is 7.02. The van der Waals surface area contributed by atoms with Crippen molar-refractivity contribution in [1.82, 2.24) is 0 Å². The Morgan fingerprint density at radius 3 is 2.54 bits per heavy atom. The number of rotatable bonds is 2. The first-order chi connectivity index (χ1) is 11.2. The molecular formula is C19H19ClN2O2. The van der Waals surface area contributed by atoms with Gasteiger partial charge in [0.1, 0.15) is 0 Å². The summed E-state index contributed by atoms with van der Waals surface area (Å²) in [4.78, 5) is 26.6. The van der Waals surface area contributed by atoms with Crippen molar-refractivity contribution in [3.63, 3.8) is 0 Å². The normalized spacial score (nSPS) is 15.4. The Morgan fingerprint density at radius 1 is 1.21 bits per heavy atom. The molecule has 4 nitrogen and oxygen atoms in total. The monoisotopic (exact) mass is 342 g/mol. The molecular weight excluding hydrogens is 324 g/mol. The lowest BCUT2D eigenvalue weighted by molar-refractivity contribution is -0.121. The molecule has 2 aromatic rings. The van der Waals surface area contributed by atoms with E-state index in [4.69, 9.17) is 11.6 Å². The van der Waals surface area contributed by atoms with Crippen LogP contribution in [-0.4, -0.2) is 18.9 Å². The predicted molar refractivity (Wildman–Crippen MR) is 97.0 cm³/mol. The number of anilines is 2. The minimum Gasteiger partial charge on any atom is -0.322 e. The summed E-state index contributed by atoms with van der Waals surface area (Å²) in [6, 6.07) is 10.7. The molecule has 1 N–H and O–H groups in total. The van der Waals surface area contributed by atoms with Crippen molar-refractivity contribution in [2.75, 3.05) is 17.3 Å². The molecule has 1 heterocycles. The molecule has 0 fully saturated rings. The smallest absolute Gasteiger partial charge is 0.257 e. The molecule has 1 aliphatic heterocycles. The zero-order valence-corrected chi connectivity index (χ0v) is 14.9. The number of carbonyl (C=O) groups excluding carboxylic acids is 2. The van der Waals surface area contributed by atoms with Crippen LogP contribution in [0.4, 0.5) is 11.4 Å². The summed E-state index contributed by atoms with van der Waals surface area (Å²) < 4.78 is 0. The van der Waals surface area contributed by atoms with Crippen LogP contribution in [0.2, 0.25) is 5.02 Å². The maximum absolute atomic E-state index is 12.5. The van der Waals surface area contributed by atoms with Gasteiger partial charge in [-0.05, 0) is 56.2 Å². The van der Waals surface area contributed by atoms with Gasteiger partial charge in [0.25, 0.3) is 5.91 Å². The largest absolute Gasteiger partial charge is 0.322 e. The Morgan fingerprint density at radius 2 is 1.88 bits per heavy atom. The minimum absolute atomic E-state index is 0.0511. The van der Waals surface area contributed by atoms with Crippen LogP contribution < -0.4 is 10.2 Å². The molecule has 5 heteroatoms. The first-order valence-electron chi connectivity index (χ1n) is 7.72. The van der Waals surface area contributed by atoms with Gasteiger partial charge >= 0.3 is 0 Å². The molecule has 0 atom stereocenters. The van der Waals surface area contributed by atoms with E-state index >= 15 is 0 Å². The number of halogens is 1. The lowest BCUT2D eigenvalue weighted by Crippen LogP contribution is -2.33. The van der Waals surface area contributed by atoms with Gasteiger partial charge in [0, 0.05) is 12.7 Å². The fourth-order valence-electron chi connectivity index (χ4n) is 3.25. The maximum Gasteiger partial charge on any atom is 0.257 e. The van der Waals surface area contributed by atoms with E-state index in [1.54, 1.807) is 36.2 Å². The molecule has 0 bridgehead atoms. The van der Waals surface area contributed by atoms with Crippen LogP contribution in [0.1, 0.15) is 35.3 Å².